The van der Waals surface area contributed by atoms with Gasteiger partial charge in [0.15, 0.2) is 0 Å². The lowest BCUT2D eigenvalue weighted by atomic mass is 9.65. The fraction of sp³-hybridized carbons (Fsp3) is 1.00. The average Bonchev–Trinajstić information content (AvgIpc) is 2.77. The molecule has 0 aliphatic heterocycles. The molecule has 0 fully saturated rings. The van der Waals surface area contributed by atoms with E-state index in [1.807, 2.05) is 0 Å². The van der Waals surface area contributed by atoms with E-state index in [1.54, 1.807) is 7.11 Å². The van der Waals surface area contributed by atoms with Crippen LogP contribution in [-0.4, -0.2) is 49.3 Å². The van der Waals surface area contributed by atoms with Crippen molar-refractivity contribution in [3.05, 3.63) is 0 Å². The molecule has 39 heavy (non-hydrogen) atoms. The van der Waals surface area contributed by atoms with Crippen molar-refractivity contribution < 1.29 is 18.9 Å². The van der Waals surface area contributed by atoms with Crippen molar-refractivity contribution in [2.75, 3.05) is 26.9 Å². The maximum absolute atomic E-state index is 6.69. The molecule has 0 radical (unpaired) electrons. The molecule has 0 N–H and O–H groups in total. The molecule has 0 saturated carbocycles. The monoisotopic (exact) mass is 557 g/mol. The standard InChI is InChI=1S/C35H72O4/c1-19-35(23-31(10,11)37-20-27(4)26(2)3,24-32(12,13)38-21-28(5)30(7,8)9)25-33(14,15)39-22-29(6)34(16,17)36-18/h26-29H,19-25H2,1-18H3. The van der Waals surface area contributed by atoms with E-state index in [9.17, 15) is 0 Å². The van der Waals surface area contributed by atoms with Gasteiger partial charge in [-0.15, -0.1) is 0 Å². The van der Waals surface area contributed by atoms with Crippen molar-refractivity contribution in [1.82, 2.24) is 0 Å². The molecular formula is C35H72O4. The Hall–Kier alpha value is -0.160. The molecule has 0 aromatic carbocycles. The van der Waals surface area contributed by atoms with Crippen LogP contribution in [0.3, 0.4) is 0 Å². The largest absolute Gasteiger partial charge is 0.378 e. The molecule has 0 saturated heterocycles. The molecule has 0 aliphatic carbocycles. The van der Waals surface area contributed by atoms with Crippen LogP contribution in [0.25, 0.3) is 0 Å². The van der Waals surface area contributed by atoms with Gasteiger partial charge in [-0.25, -0.2) is 0 Å². The van der Waals surface area contributed by atoms with E-state index in [1.165, 1.54) is 0 Å². The van der Waals surface area contributed by atoms with Gasteiger partial charge in [0.2, 0.25) is 0 Å². The molecule has 4 heteroatoms. The Bertz CT molecular complexity index is 685. The summed E-state index contributed by atoms with van der Waals surface area (Å²) in [5.41, 5.74) is -0.774. The third-order valence-corrected chi connectivity index (χ3v) is 9.67. The highest BCUT2D eigenvalue weighted by Crippen LogP contribution is 2.48. The maximum Gasteiger partial charge on any atom is 0.0670 e. The summed E-state index contributed by atoms with van der Waals surface area (Å²) in [7, 11) is 1.79. The molecule has 0 spiro atoms. The van der Waals surface area contributed by atoms with Crippen LogP contribution in [0.15, 0.2) is 0 Å². The summed E-state index contributed by atoms with van der Waals surface area (Å²) in [5, 5.41) is 0. The highest BCUT2D eigenvalue weighted by Gasteiger charge is 2.44. The fourth-order valence-corrected chi connectivity index (χ4v) is 5.33. The summed E-state index contributed by atoms with van der Waals surface area (Å²) >= 11 is 0. The predicted octanol–water partition coefficient (Wildman–Crippen LogP) is 9.97. The molecule has 4 nitrogen and oxygen atoms in total. The van der Waals surface area contributed by atoms with E-state index >= 15 is 0 Å². The quantitative estimate of drug-likeness (QED) is 0.159. The first-order valence-corrected chi connectivity index (χ1v) is 15.8. The molecule has 0 rings (SSSR count). The Morgan fingerprint density at radius 3 is 1.21 bits per heavy atom. The molecule has 0 amide bonds. The first kappa shape index (κ1) is 38.8. The maximum atomic E-state index is 6.69. The van der Waals surface area contributed by atoms with Gasteiger partial charge in [-0.3, -0.25) is 0 Å². The molecule has 0 aromatic rings. The third-order valence-electron chi connectivity index (χ3n) is 9.67. The summed E-state index contributed by atoms with van der Waals surface area (Å²) < 4.78 is 25.7. The molecule has 0 aromatic heterocycles. The SMILES string of the molecule is CCC(CC(C)(C)OCC(C)C(C)C)(CC(C)(C)OCC(C)C(C)(C)C)CC(C)(C)OCC(C)C(C)(C)OC. The highest BCUT2D eigenvalue weighted by molar-refractivity contribution is 4.95. The Morgan fingerprint density at radius 1 is 0.538 bits per heavy atom. The summed E-state index contributed by atoms with van der Waals surface area (Å²) in [6.07, 6.45) is 3.93. The predicted molar refractivity (Wildman–Crippen MR) is 170 cm³/mol. The van der Waals surface area contributed by atoms with Gasteiger partial charge < -0.3 is 18.9 Å². The van der Waals surface area contributed by atoms with Crippen molar-refractivity contribution in [1.29, 1.82) is 0 Å². The van der Waals surface area contributed by atoms with E-state index in [2.05, 4.69) is 118 Å². The zero-order valence-electron chi connectivity index (χ0n) is 29.9. The van der Waals surface area contributed by atoms with Gasteiger partial charge >= 0.3 is 0 Å². The van der Waals surface area contributed by atoms with E-state index in [4.69, 9.17) is 18.9 Å². The van der Waals surface area contributed by atoms with Gasteiger partial charge in [0.25, 0.3) is 0 Å². The summed E-state index contributed by atoms with van der Waals surface area (Å²) in [6, 6.07) is 0. The van der Waals surface area contributed by atoms with Crippen LogP contribution in [-0.2, 0) is 18.9 Å². The molecule has 4 unspecified atom stereocenters. The molecule has 0 heterocycles. The van der Waals surface area contributed by atoms with Crippen LogP contribution < -0.4 is 0 Å². The zero-order valence-corrected chi connectivity index (χ0v) is 29.9. The summed E-state index contributed by atoms with van der Waals surface area (Å²) in [5.74, 6) is 1.91. The number of ether oxygens (including phenoxy) is 4. The Morgan fingerprint density at radius 2 is 0.897 bits per heavy atom. The van der Waals surface area contributed by atoms with Gasteiger partial charge in [-0.2, -0.15) is 0 Å². The molecule has 0 bridgehead atoms. The number of hydrogen-bond donors (Lipinski definition) is 0. The van der Waals surface area contributed by atoms with Crippen molar-refractivity contribution in [3.8, 4) is 0 Å². The smallest absolute Gasteiger partial charge is 0.0670 e. The van der Waals surface area contributed by atoms with E-state index in [-0.39, 0.29) is 39.2 Å². The van der Waals surface area contributed by atoms with Crippen molar-refractivity contribution >= 4 is 0 Å². The van der Waals surface area contributed by atoms with Crippen molar-refractivity contribution in [3.63, 3.8) is 0 Å². The van der Waals surface area contributed by atoms with Gasteiger partial charge in [-0.1, -0.05) is 68.7 Å². The van der Waals surface area contributed by atoms with E-state index in [0.29, 0.717) is 24.4 Å². The lowest BCUT2D eigenvalue weighted by molar-refractivity contribution is -0.139. The molecule has 0 aliphatic rings. The van der Waals surface area contributed by atoms with Gasteiger partial charge in [0, 0.05) is 13.0 Å². The van der Waals surface area contributed by atoms with E-state index < -0.39 is 0 Å². The second kappa shape index (κ2) is 14.8. The van der Waals surface area contributed by atoms with Crippen molar-refractivity contribution in [2.45, 2.75) is 166 Å². The first-order chi connectivity index (χ1) is 17.3. The van der Waals surface area contributed by atoms with Gasteiger partial charge in [-0.05, 0) is 103 Å². The Kier molecular flexibility index (Phi) is 14.8. The molecular weight excluding hydrogens is 484 g/mol. The third kappa shape index (κ3) is 14.5. The molecule has 4 atom stereocenters. The van der Waals surface area contributed by atoms with Gasteiger partial charge in [0.1, 0.15) is 0 Å². The van der Waals surface area contributed by atoms with Crippen LogP contribution in [0.5, 0.6) is 0 Å². The van der Waals surface area contributed by atoms with Crippen LogP contribution in [0, 0.1) is 34.5 Å². The van der Waals surface area contributed by atoms with Crippen LogP contribution in [0.1, 0.15) is 143 Å². The average molecular weight is 557 g/mol. The Balaban J connectivity index is 6.02. The second-order valence-electron chi connectivity index (χ2n) is 16.8. The fourth-order valence-electron chi connectivity index (χ4n) is 5.33. The number of methoxy groups -OCH3 is 1. The minimum atomic E-state index is -0.288. The minimum absolute atomic E-state index is 0.00253. The van der Waals surface area contributed by atoms with Crippen LogP contribution >= 0.6 is 0 Å². The van der Waals surface area contributed by atoms with Crippen molar-refractivity contribution in [2.24, 2.45) is 34.5 Å². The number of rotatable bonds is 19. The second-order valence-corrected chi connectivity index (χ2v) is 16.8. The Labute approximate surface area is 246 Å². The van der Waals surface area contributed by atoms with E-state index in [0.717, 1.165) is 38.9 Å². The minimum Gasteiger partial charge on any atom is -0.378 e. The van der Waals surface area contributed by atoms with Gasteiger partial charge in [0.05, 0.1) is 42.2 Å². The first-order valence-electron chi connectivity index (χ1n) is 15.8. The topological polar surface area (TPSA) is 36.9 Å². The van der Waals surface area contributed by atoms with Crippen LogP contribution in [0.2, 0.25) is 0 Å². The summed E-state index contributed by atoms with van der Waals surface area (Å²) in [4.78, 5) is 0. The molecule has 236 valence electrons. The lowest BCUT2D eigenvalue weighted by Gasteiger charge is -2.48. The van der Waals surface area contributed by atoms with Crippen LogP contribution in [0.4, 0.5) is 0 Å². The zero-order chi connectivity index (χ0) is 31.1. The lowest BCUT2D eigenvalue weighted by Crippen LogP contribution is -2.46. The highest BCUT2D eigenvalue weighted by atomic mass is 16.5. The number of hydrogen-bond acceptors (Lipinski definition) is 4. The normalized spacial score (nSPS) is 18.2. The summed E-state index contributed by atoms with van der Waals surface area (Å²) in [6.45, 7) is 40.7.